The fraction of sp³-hybridized carbons (Fsp3) is 0.348. The molecule has 0 unspecified atom stereocenters. The van der Waals surface area contributed by atoms with E-state index in [1.54, 1.807) is 54.3 Å². The number of nitrogens with zero attached hydrogens (tertiary/aromatic N) is 1. The molecule has 7 heteroatoms. The van der Waals surface area contributed by atoms with Gasteiger partial charge in [0.1, 0.15) is 12.4 Å². The number of primary amides is 1. The number of ether oxygens (including phenoxy) is 2. The van der Waals surface area contributed by atoms with Crippen molar-refractivity contribution in [3.8, 4) is 5.75 Å². The van der Waals surface area contributed by atoms with Gasteiger partial charge >= 0.3 is 5.97 Å². The second-order valence-electron chi connectivity index (χ2n) is 7.17. The van der Waals surface area contributed by atoms with Gasteiger partial charge in [-0.3, -0.25) is 14.4 Å². The molecule has 0 spiro atoms. The van der Waals surface area contributed by atoms with Crippen LogP contribution in [0.2, 0.25) is 0 Å². The van der Waals surface area contributed by atoms with Crippen LogP contribution in [0.5, 0.6) is 5.75 Å². The van der Waals surface area contributed by atoms with Crippen molar-refractivity contribution in [2.75, 3.05) is 19.7 Å². The van der Waals surface area contributed by atoms with Crippen molar-refractivity contribution in [3.05, 3.63) is 65.2 Å². The highest BCUT2D eigenvalue weighted by Crippen LogP contribution is 2.22. The number of likely N-dealkylation sites (tertiary alicyclic amines) is 1. The Morgan fingerprint density at radius 1 is 1.07 bits per heavy atom. The van der Waals surface area contributed by atoms with Crippen LogP contribution in [0.25, 0.3) is 0 Å². The molecular formula is C23H26N2O5. The molecule has 7 nitrogen and oxygen atoms in total. The Balaban J connectivity index is 1.61. The molecule has 1 fully saturated rings. The van der Waals surface area contributed by atoms with Crippen molar-refractivity contribution in [1.82, 2.24) is 4.90 Å². The molecule has 1 aliphatic rings. The number of carbonyl (C=O) groups excluding carboxylic acids is 3. The van der Waals surface area contributed by atoms with Crippen molar-refractivity contribution in [1.29, 1.82) is 0 Å². The van der Waals surface area contributed by atoms with Crippen LogP contribution in [0.4, 0.5) is 0 Å². The monoisotopic (exact) mass is 410 g/mol. The highest BCUT2D eigenvalue weighted by molar-refractivity contribution is 5.95. The second-order valence-corrected chi connectivity index (χ2v) is 7.17. The Morgan fingerprint density at radius 3 is 2.50 bits per heavy atom. The molecule has 0 radical (unpaired) electrons. The lowest BCUT2D eigenvalue weighted by Gasteiger charge is -2.31. The molecule has 0 aromatic heterocycles. The van der Waals surface area contributed by atoms with Crippen LogP contribution in [0.15, 0.2) is 48.5 Å². The lowest BCUT2D eigenvalue weighted by molar-refractivity contribution is -0.149. The van der Waals surface area contributed by atoms with Crippen LogP contribution in [0.1, 0.15) is 46.0 Å². The number of nitrogens with two attached hydrogens (primary N) is 1. The predicted molar refractivity (Wildman–Crippen MR) is 111 cm³/mol. The third-order valence-electron chi connectivity index (χ3n) is 5.12. The zero-order valence-corrected chi connectivity index (χ0v) is 17.0. The summed E-state index contributed by atoms with van der Waals surface area (Å²) in [6.45, 7) is 3.41. The quantitative estimate of drug-likeness (QED) is 0.708. The van der Waals surface area contributed by atoms with Crippen LogP contribution < -0.4 is 10.5 Å². The average molecular weight is 410 g/mol. The molecule has 3 rings (SSSR count). The van der Waals surface area contributed by atoms with Gasteiger partial charge in [-0.25, -0.2) is 0 Å². The largest absolute Gasteiger partial charge is 0.488 e. The van der Waals surface area contributed by atoms with Gasteiger partial charge in [-0.2, -0.15) is 0 Å². The molecular weight excluding hydrogens is 384 g/mol. The van der Waals surface area contributed by atoms with Gasteiger partial charge in [-0.15, -0.1) is 0 Å². The molecule has 0 saturated carbocycles. The summed E-state index contributed by atoms with van der Waals surface area (Å²) in [5.41, 5.74) is 7.06. The first-order chi connectivity index (χ1) is 14.5. The highest BCUT2D eigenvalue weighted by atomic mass is 16.5. The van der Waals surface area contributed by atoms with Gasteiger partial charge in [-0.05, 0) is 49.6 Å². The number of esters is 1. The van der Waals surface area contributed by atoms with E-state index in [1.165, 1.54) is 0 Å². The van der Waals surface area contributed by atoms with Crippen molar-refractivity contribution in [2.45, 2.75) is 26.4 Å². The third-order valence-corrected chi connectivity index (χ3v) is 5.12. The van der Waals surface area contributed by atoms with Crippen LogP contribution in [-0.4, -0.2) is 42.4 Å². The molecule has 0 aliphatic carbocycles. The van der Waals surface area contributed by atoms with Crippen LogP contribution >= 0.6 is 0 Å². The van der Waals surface area contributed by atoms with Gasteiger partial charge in [0, 0.05) is 18.7 Å². The van der Waals surface area contributed by atoms with E-state index in [4.69, 9.17) is 15.2 Å². The maximum Gasteiger partial charge on any atom is 0.309 e. The van der Waals surface area contributed by atoms with E-state index in [1.807, 2.05) is 6.07 Å². The summed E-state index contributed by atoms with van der Waals surface area (Å²) in [5, 5.41) is 0. The molecule has 1 aliphatic heterocycles. The number of para-hydroxylation sites is 1. The van der Waals surface area contributed by atoms with Crippen molar-refractivity contribution < 1.29 is 23.9 Å². The molecule has 2 aromatic rings. The smallest absolute Gasteiger partial charge is 0.309 e. The molecule has 158 valence electrons. The summed E-state index contributed by atoms with van der Waals surface area (Å²) in [6.07, 6.45) is 1.22. The average Bonchev–Trinajstić information content (AvgIpc) is 2.78. The second kappa shape index (κ2) is 9.91. The van der Waals surface area contributed by atoms with Gasteiger partial charge in [-0.1, -0.05) is 24.3 Å². The zero-order chi connectivity index (χ0) is 21.5. The zero-order valence-electron chi connectivity index (χ0n) is 17.0. The van der Waals surface area contributed by atoms with Crippen LogP contribution in [0, 0.1) is 5.92 Å². The highest BCUT2D eigenvalue weighted by Gasteiger charge is 2.28. The fourth-order valence-electron chi connectivity index (χ4n) is 3.51. The minimum Gasteiger partial charge on any atom is -0.488 e. The summed E-state index contributed by atoms with van der Waals surface area (Å²) in [4.78, 5) is 38.0. The summed E-state index contributed by atoms with van der Waals surface area (Å²) in [5.74, 6) is -0.542. The van der Waals surface area contributed by atoms with Crippen LogP contribution in [0.3, 0.4) is 0 Å². The molecule has 1 heterocycles. The Morgan fingerprint density at radius 2 is 1.80 bits per heavy atom. The molecule has 1 saturated heterocycles. The normalized spacial score (nSPS) is 14.2. The number of benzene rings is 2. The summed E-state index contributed by atoms with van der Waals surface area (Å²) in [7, 11) is 0. The lowest BCUT2D eigenvalue weighted by atomic mass is 9.96. The summed E-state index contributed by atoms with van der Waals surface area (Å²) >= 11 is 0. The standard InChI is InChI=1S/C23H26N2O5/c1-2-29-23(28)17-10-12-25(13-11-17)22(27)18-7-5-6-16(14-18)15-30-20-9-4-3-8-19(20)21(24)26/h3-9,14,17H,2,10-13,15H2,1H3,(H2,24,26). The molecule has 2 N–H and O–H groups in total. The summed E-state index contributed by atoms with van der Waals surface area (Å²) < 4.78 is 10.8. The van der Waals surface area contributed by atoms with E-state index < -0.39 is 5.91 Å². The first-order valence-electron chi connectivity index (χ1n) is 10.1. The predicted octanol–water partition coefficient (Wildman–Crippen LogP) is 2.78. The van der Waals surface area contributed by atoms with Crippen LogP contribution in [-0.2, 0) is 16.1 Å². The SMILES string of the molecule is CCOC(=O)C1CCN(C(=O)c2cccc(COc3ccccc3C(N)=O)c2)CC1. The number of amides is 2. The van der Waals surface area contributed by atoms with Crippen molar-refractivity contribution in [3.63, 3.8) is 0 Å². The minimum absolute atomic E-state index is 0.0725. The maximum absolute atomic E-state index is 12.9. The van der Waals surface area contributed by atoms with E-state index in [-0.39, 0.29) is 24.4 Å². The Labute approximate surface area is 175 Å². The first-order valence-corrected chi connectivity index (χ1v) is 10.1. The van der Waals surface area contributed by atoms with E-state index in [9.17, 15) is 14.4 Å². The Hall–Kier alpha value is -3.35. The molecule has 0 atom stereocenters. The first kappa shape index (κ1) is 21.4. The molecule has 2 amide bonds. The van der Waals surface area contributed by atoms with E-state index in [0.29, 0.717) is 49.4 Å². The molecule has 30 heavy (non-hydrogen) atoms. The fourth-order valence-corrected chi connectivity index (χ4v) is 3.51. The van der Waals surface area contributed by atoms with Crippen molar-refractivity contribution in [2.24, 2.45) is 11.7 Å². The van der Waals surface area contributed by atoms with Crippen molar-refractivity contribution >= 4 is 17.8 Å². The van der Waals surface area contributed by atoms with E-state index in [2.05, 4.69) is 0 Å². The van der Waals surface area contributed by atoms with E-state index >= 15 is 0 Å². The summed E-state index contributed by atoms with van der Waals surface area (Å²) in [6, 6.07) is 14.0. The number of rotatable bonds is 7. The van der Waals surface area contributed by atoms with Gasteiger partial charge in [0.05, 0.1) is 18.1 Å². The Kier molecular flexibility index (Phi) is 7.06. The van der Waals surface area contributed by atoms with E-state index in [0.717, 1.165) is 5.56 Å². The third kappa shape index (κ3) is 5.17. The topological polar surface area (TPSA) is 98.9 Å². The number of hydrogen-bond donors (Lipinski definition) is 1. The number of carbonyl (C=O) groups is 3. The van der Waals surface area contributed by atoms with Gasteiger partial charge < -0.3 is 20.1 Å². The minimum atomic E-state index is -0.555. The number of piperidine rings is 1. The maximum atomic E-state index is 12.9. The van der Waals surface area contributed by atoms with Gasteiger partial charge in [0.25, 0.3) is 11.8 Å². The molecule has 0 bridgehead atoms. The van der Waals surface area contributed by atoms with Gasteiger partial charge in [0.2, 0.25) is 0 Å². The molecule has 2 aromatic carbocycles. The Bertz CT molecular complexity index is 919. The lowest BCUT2D eigenvalue weighted by Crippen LogP contribution is -2.40. The number of hydrogen-bond acceptors (Lipinski definition) is 5. The van der Waals surface area contributed by atoms with Gasteiger partial charge in [0.15, 0.2) is 0 Å².